The van der Waals surface area contributed by atoms with Gasteiger partial charge in [0.1, 0.15) is 11.5 Å². The molecule has 0 aromatic heterocycles. The Labute approximate surface area is 95.4 Å². The fourth-order valence-corrected chi connectivity index (χ4v) is 1.11. The quantitative estimate of drug-likeness (QED) is 0.760. The summed E-state index contributed by atoms with van der Waals surface area (Å²) in [6.45, 7) is 2.92. The molecule has 16 heavy (non-hydrogen) atoms. The van der Waals surface area contributed by atoms with E-state index in [4.69, 9.17) is 9.84 Å². The molecule has 0 unspecified atom stereocenters. The number of hydrogen-bond acceptors (Lipinski definition) is 2. The van der Waals surface area contributed by atoms with Crippen LogP contribution in [0.4, 0.5) is 0 Å². The first-order chi connectivity index (χ1) is 7.86. The van der Waals surface area contributed by atoms with Crippen molar-refractivity contribution in [2.45, 2.75) is 0 Å². The molecular weight excluding hydrogens is 200 g/mol. The van der Waals surface area contributed by atoms with Gasteiger partial charge in [-0.05, 0) is 24.3 Å². The number of aliphatic hydroxyl groups is 1. The van der Waals surface area contributed by atoms with Gasteiger partial charge < -0.3 is 9.84 Å². The fraction of sp³-hybridized carbons (Fsp3) is 0. The first-order valence-electron chi connectivity index (χ1n) is 4.90. The largest absolute Gasteiger partial charge is 0.516 e. The number of benzene rings is 2. The Hall–Kier alpha value is -2.22. The standard InChI is InChI=1S/C12H10O.C2H4O/c1-3-7-11(8-4-1)13-12-9-5-2-6-10-12;1-2-3/h1-10H;2-3H,1H2. The van der Waals surface area contributed by atoms with Crippen LogP contribution >= 0.6 is 0 Å². The third-order valence-electron chi connectivity index (χ3n) is 1.72. The molecule has 0 amide bonds. The second-order valence-electron chi connectivity index (χ2n) is 2.91. The highest BCUT2D eigenvalue weighted by Crippen LogP contribution is 2.19. The van der Waals surface area contributed by atoms with Crippen LogP contribution in [-0.4, -0.2) is 5.11 Å². The number of para-hydroxylation sites is 2. The molecule has 82 valence electrons. The van der Waals surface area contributed by atoms with Crippen LogP contribution in [0.5, 0.6) is 11.5 Å². The summed E-state index contributed by atoms with van der Waals surface area (Å²) >= 11 is 0. The van der Waals surface area contributed by atoms with Crippen molar-refractivity contribution in [3.63, 3.8) is 0 Å². The van der Waals surface area contributed by atoms with Gasteiger partial charge in [0, 0.05) is 0 Å². The molecule has 1 N–H and O–H groups in total. The Morgan fingerprint density at radius 1 is 0.812 bits per heavy atom. The maximum atomic E-state index is 7.33. The molecule has 0 aliphatic heterocycles. The molecule has 2 aromatic rings. The SMILES string of the molecule is C=CO.c1ccc(Oc2ccccc2)cc1. The summed E-state index contributed by atoms with van der Waals surface area (Å²) in [4.78, 5) is 0. The lowest BCUT2D eigenvalue weighted by Gasteiger charge is -2.03. The van der Waals surface area contributed by atoms with Crippen LogP contribution in [0, 0.1) is 0 Å². The predicted molar refractivity (Wildman–Crippen MR) is 65.8 cm³/mol. The van der Waals surface area contributed by atoms with E-state index in [0.29, 0.717) is 0 Å². The van der Waals surface area contributed by atoms with Crippen LogP contribution in [0.25, 0.3) is 0 Å². The van der Waals surface area contributed by atoms with Gasteiger partial charge in [-0.15, -0.1) is 0 Å². The van der Waals surface area contributed by atoms with Crippen molar-refractivity contribution in [2.24, 2.45) is 0 Å². The monoisotopic (exact) mass is 214 g/mol. The molecule has 2 nitrogen and oxygen atoms in total. The lowest BCUT2D eigenvalue weighted by Crippen LogP contribution is -1.81. The van der Waals surface area contributed by atoms with Gasteiger partial charge in [-0.1, -0.05) is 43.0 Å². The molecule has 0 aliphatic rings. The Balaban J connectivity index is 0.000000386. The normalized spacial score (nSPS) is 8.50. The van der Waals surface area contributed by atoms with Gasteiger partial charge >= 0.3 is 0 Å². The zero-order valence-corrected chi connectivity index (χ0v) is 8.91. The molecule has 0 fully saturated rings. The number of rotatable bonds is 2. The van der Waals surface area contributed by atoms with Crippen molar-refractivity contribution in [2.75, 3.05) is 0 Å². The summed E-state index contributed by atoms with van der Waals surface area (Å²) in [6.07, 6.45) is 0.750. The molecular formula is C14H14O2. The summed E-state index contributed by atoms with van der Waals surface area (Å²) in [7, 11) is 0. The summed E-state index contributed by atoms with van der Waals surface area (Å²) in [5.41, 5.74) is 0. The zero-order valence-electron chi connectivity index (χ0n) is 8.91. The van der Waals surface area contributed by atoms with Crippen molar-refractivity contribution in [3.05, 3.63) is 73.5 Å². The van der Waals surface area contributed by atoms with Gasteiger partial charge in [-0.2, -0.15) is 0 Å². The second-order valence-corrected chi connectivity index (χ2v) is 2.91. The topological polar surface area (TPSA) is 29.5 Å². The van der Waals surface area contributed by atoms with Gasteiger partial charge in [0.05, 0.1) is 6.26 Å². The molecule has 0 spiro atoms. The summed E-state index contributed by atoms with van der Waals surface area (Å²) in [5.74, 6) is 1.74. The summed E-state index contributed by atoms with van der Waals surface area (Å²) in [5, 5.41) is 7.33. The molecule has 0 bridgehead atoms. The maximum absolute atomic E-state index is 7.33. The number of hydrogen-bond donors (Lipinski definition) is 1. The van der Waals surface area contributed by atoms with E-state index in [1.165, 1.54) is 0 Å². The second kappa shape index (κ2) is 7.12. The van der Waals surface area contributed by atoms with Crippen molar-refractivity contribution in [1.82, 2.24) is 0 Å². The van der Waals surface area contributed by atoms with Crippen LogP contribution in [0.2, 0.25) is 0 Å². The van der Waals surface area contributed by atoms with E-state index in [1.54, 1.807) is 0 Å². The van der Waals surface area contributed by atoms with Crippen molar-refractivity contribution in [1.29, 1.82) is 0 Å². The van der Waals surface area contributed by atoms with Gasteiger partial charge in [-0.3, -0.25) is 0 Å². The van der Waals surface area contributed by atoms with Crippen LogP contribution in [0.15, 0.2) is 73.5 Å². The van der Waals surface area contributed by atoms with Gasteiger partial charge in [-0.25, -0.2) is 0 Å². The molecule has 0 aliphatic carbocycles. The number of ether oxygens (including phenoxy) is 1. The van der Waals surface area contributed by atoms with Crippen LogP contribution < -0.4 is 4.74 Å². The summed E-state index contributed by atoms with van der Waals surface area (Å²) in [6, 6.07) is 19.5. The predicted octanol–water partition coefficient (Wildman–Crippen LogP) is 4.17. The zero-order chi connectivity index (χ0) is 11.6. The lowest BCUT2D eigenvalue weighted by molar-refractivity contribution is 0.476. The van der Waals surface area contributed by atoms with E-state index in [9.17, 15) is 0 Å². The average Bonchev–Trinajstić information content (AvgIpc) is 2.33. The van der Waals surface area contributed by atoms with Crippen LogP contribution in [0.1, 0.15) is 0 Å². The first kappa shape index (κ1) is 11.9. The van der Waals surface area contributed by atoms with E-state index >= 15 is 0 Å². The van der Waals surface area contributed by atoms with Gasteiger partial charge in [0.2, 0.25) is 0 Å². The molecule has 0 atom stereocenters. The van der Waals surface area contributed by atoms with E-state index in [-0.39, 0.29) is 0 Å². The molecule has 0 heterocycles. The third kappa shape index (κ3) is 4.33. The molecule has 0 saturated heterocycles. The highest BCUT2D eigenvalue weighted by atomic mass is 16.5. The molecule has 2 aromatic carbocycles. The minimum atomic E-state index is 0.750. The van der Waals surface area contributed by atoms with E-state index in [1.807, 2.05) is 60.7 Å². The van der Waals surface area contributed by atoms with Crippen LogP contribution in [0.3, 0.4) is 0 Å². The van der Waals surface area contributed by atoms with E-state index in [2.05, 4.69) is 6.58 Å². The van der Waals surface area contributed by atoms with E-state index < -0.39 is 0 Å². The minimum absolute atomic E-state index is 0.750. The maximum Gasteiger partial charge on any atom is 0.127 e. The van der Waals surface area contributed by atoms with Crippen molar-refractivity contribution >= 4 is 0 Å². The Kier molecular flexibility index (Phi) is 5.28. The Morgan fingerprint density at radius 2 is 1.12 bits per heavy atom. The summed E-state index contributed by atoms with van der Waals surface area (Å²) < 4.78 is 5.58. The van der Waals surface area contributed by atoms with E-state index in [0.717, 1.165) is 17.8 Å². The van der Waals surface area contributed by atoms with Gasteiger partial charge in [0.15, 0.2) is 0 Å². The van der Waals surface area contributed by atoms with Crippen molar-refractivity contribution < 1.29 is 9.84 Å². The fourth-order valence-electron chi connectivity index (χ4n) is 1.11. The lowest BCUT2D eigenvalue weighted by atomic mass is 10.3. The number of aliphatic hydroxyl groups excluding tert-OH is 1. The highest BCUT2D eigenvalue weighted by Gasteiger charge is 1.92. The van der Waals surface area contributed by atoms with Gasteiger partial charge in [0.25, 0.3) is 0 Å². The van der Waals surface area contributed by atoms with Crippen LogP contribution in [-0.2, 0) is 0 Å². The highest BCUT2D eigenvalue weighted by molar-refractivity contribution is 5.30. The Morgan fingerprint density at radius 3 is 1.44 bits per heavy atom. The average molecular weight is 214 g/mol. The Bertz CT molecular complexity index is 358. The smallest absolute Gasteiger partial charge is 0.127 e. The first-order valence-corrected chi connectivity index (χ1v) is 4.90. The van der Waals surface area contributed by atoms with Crippen molar-refractivity contribution in [3.8, 4) is 11.5 Å². The molecule has 0 saturated carbocycles. The third-order valence-corrected chi connectivity index (χ3v) is 1.72. The molecule has 2 rings (SSSR count). The minimum Gasteiger partial charge on any atom is -0.516 e. The molecule has 0 radical (unpaired) electrons. The molecule has 2 heteroatoms.